The fraction of sp³-hybridized carbons (Fsp3) is 0.529. The largest absolute Gasteiger partial charge is 0.493 e. The number of halogens is 1. The van der Waals surface area contributed by atoms with Gasteiger partial charge in [-0.05, 0) is 37.1 Å². The number of ether oxygens (including phenoxy) is 1. The monoisotopic (exact) mass is 372 g/mol. The molecule has 1 rings (SSSR count). The molecule has 5 nitrogen and oxygen atoms in total. The second kappa shape index (κ2) is 9.79. The molecule has 2 N–H and O–H groups in total. The fourth-order valence-electron chi connectivity index (χ4n) is 1.71. The third-order valence-electron chi connectivity index (χ3n) is 2.92. The Hall–Kier alpha value is -1.40. The molecular formula is C17H25ClN2O3S. The Balaban J connectivity index is 2.17. The Bertz CT molecular complexity index is 573. The second-order valence-electron chi connectivity index (χ2n) is 6.36. The lowest BCUT2D eigenvalue weighted by Gasteiger charge is -2.17. The lowest BCUT2D eigenvalue weighted by Crippen LogP contribution is -2.42. The van der Waals surface area contributed by atoms with Crippen molar-refractivity contribution in [3.05, 3.63) is 28.8 Å². The van der Waals surface area contributed by atoms with Crippen molar-refractivity contribution in [1.29, 1.82) is 0 Å². The Morgan fingerprint density at radius 1 is 1.21 bits per heavy atom. The summed E-state index contributed by atoms with van der Waals surface area (Å²) < 4.78 is 5.63. The standard InChI is InChI=1S/C17H25ClN2O3S/c1-12-10-13(18)7-8-14(12)23-9-5-6-15(21)19-20-16(22)11-24-17(2,3)4/h7-8,10H,5-6,9,11H2,1-4H3,(H,19,21)(H,20,22). The highest BCUT2D eigenvalue weighted by Crippen LogP contribution is 2.22. The molecule has 24 heavy (non-hydrogen) atoms. The van der Waals surface area contributed by atoms with E-state index in [4.69, 9.17) is 16.3 Å². The molecule has 0 saturated carbocycles. The topological polar surface area (TPSA) is 67.4 Å². The van der Waals surface area contributed by atoms with E-state index in [1.165, 1.54) is 11.8 Å². The zero-order valence-electron chi connectivity index (χ0n) is 14.6. The average molecular weight is 373 g/mol. The summed E-state index contributed by atoms with van der Waals surface area (Å²) in [6, 6.07) is 5.40. The van der Waals surface area contributed by atoms with Crippen LogP contribution in [0.15, 0.2) is 18.2 Å². The molecule has 0 heterocycles. The van der Waals surface area contributed by atoms with Gasteiger partial charge in [0.2, 0.25) is 11.8 Å². The summed E-state index contributed by atoms with van der Waals surface area (Å²) >= 11 is 7.40. The van der Waals surface area contributed by atoms with Crippen LogP contribution >= 0.6 is 23.4 Å². The molecular weight excluding hydrogens is 348 g/mol. The lowest BCUT2D eigenvalue weighted by atomic mass is 10.2. The fourth-order valence-corrected chi connectivity index (χ4v) is 2.57. The van der Waals surface area contributed by atoms with Crippen LogP contribution in [0.4, 0.5) is 0 Å². The van der Waals surface area contributed by atoms with Gasteiger partial charge in [-0.2, -0.15) is 0 Å². The number of hydrogen-bond acceptors (Lipinski definition) is 4. The number of carbonyl (C=O) groups is 2. The van der Waals surface area contributed by atoms with Gasteiger partial charge in [0.05, 0.1) is 12.4 Å². The van der Waals surface area contributed by atoms with Gasteiger partial charge in [0, 0.05) is 16.2 Å². The van der Waals surface area contributed by atoms with Crippen LogP contribution in [0, 0.1) is 6.92 Å². The van der Waals surface area contributed by atoms with Gasteiger partial charge < -0.3 is 4.74 Å². The number of nitrogens with one attached hydrogen (secondary N) is 2. The van der Waals surface area contributed by atoms with Crippen LogP contribution in [0.1, 0.15) is 39.2 Å². The molecule has 0 aromatic heterocycles. The van der Waals surface area contributed by atoms with Gasteiger partial charge in [0.25, 0.3) is 0 Å². The van der Waals surface area contributed by atoms with E-state index in [-0.39, 0.29) is 23.0 Å². The van der Waals surface area contributed by atoms with Crippen LogP contribution in [0.2, 0.25) is 5.02 Å². The van der Waals surface area contributed by atoms with E-state index in [0.29, 0.717) is 23.8 Å². The maximum atomic E-state index is 11.7. The predicted octanol–water partition coefficient (Wildman–Crippen LogP) is 3.49. The number of amides is 2. The molecule has 0 aliphatic carbocycles. The minimum absolute atomic E-state index is 0.0124. The van der Waals surface area contributed by atoms with Gasteiger partial charge in [0.1, 0.15) is 5.75 Å². The first-order valence-electron chi connectivity index (χ1n) is 7.78. The second-order valence-corrected chi connectivity index (χ2v) is 8.60. The Morgan fingerprint density at radius 3 is 2.50 bits per heavy atom. The third kappa shape index (κ3) is 9.03. The Kier molecular flexibility index (Phi) is 8.42. The molecule has 0 atom stereocenters. The van der Waals surface area contributed by atoms with Crippen molar-refractivity contribution < 1.29 is 14.3 Å². The SMILES string of the molecule is Cc1cc(Cl)ccc1OCCCC(=O)NNC(=O)CSC(C)(C)C. The van der Waals surface area contributed by atoms with Crippen molar-refractivity contribution in [3.63, 3.8) is 0 Å². The van der Waals surface area contributed by atoms with Crippen LogP contribution in [0.3, 0.4) is 0 Å². The lowest BCUT2D eigenvalue weighted by molar-refractivity contribution is -0.127. The van der Waals surface area contributed by atoms with Gasteiger partial charge in [0.15, 0.2) is 0 Å². The molecule has 1 aromatic carbocycles. The minimum Gasteiger partial charge on any atom is -0.493 e. The normalized spacial score (nSPS) is 11.0. The smallest absolute Gasteiger partial charge is 0.248 e. The summed E-state index contributed by atoms with van der Waals surface area (Å²) in [7, 11) is 0. The Morgan fingerprint density at radius 2 is 1.88 bits per heavy atom. The first-order valence-corrected chi connectivity index (χ1v) is 9.14. The minimum atomic E-state index is -0.236. The molecule has 1 aromatic rings. The molecule has 2 amide bonds. The number of aryl methyl sites for hydroxylation is 1. The zero-order chi connectivity index (χ0) is 18.2. The first kappa shape index (κ1) is 20.6. The number of thioether (sulfide) groups is 1. The van der Waals surface area contributed by atoms with Crippen LogP contribution < -0.4 is 15.6 Å². The van der Waals surface area contributed by atoms with Crippen LogP contribution in [0.5, 0.6) is 5.75 Å². The molecule has 0 unspecified atom stereocenters. The number of hydrazine groups is 1. The van der Waals surface area contributed by atoms with E-state index in [1.807, 2.05) is 39.8 Å². The van der Waals surface area contributed by atoms with Crippen molar-refractivity contribution >= 4 is 35.2 Å². The molecule has 0 aliphatic rings. The molecule has 0 aliphatic heterocycles. The van der Waals surface area contributed by atoms with E-state index >= 15 is 0 Å². The molecule has 0 fully saturated rings. The summed E-state index contributed by atoms with van der Waals surface area (Å²) in [5.41, 5.74) is 5.78. The maximum absolute atomic E-state index is 11.7. The van der Waals surface area contributed by atoms with E-state index in [2.05, 4.69) is 10.9 Å². The van der Waals surface area contributed by atoms with Crippen molar-refractivity contribution in [1.82, 2.24) is 10.9 Å². The van der Waals surface area contributed by atoms with Gasteiger partial charge in [-0.1, -0.05) is 32.4 Å². The van der Waals surface area contributed by atoms with Crippen LogP contribution in [-0.4, -0.2) is 28.9 Å². The van der Waals surface area contributed by atoms with Crippen molar-refractivity contribution in [2.24, 2.45) is 0 Å². The van der Waals surface area contributed by atoms with Crippen molar-refractivity contribution in [2.45, 2.75) is 45.3 Å². The molecule has 7 heteroatoms. The number of benzene rings is 1. The van der Waals surface area contributed by atoms with Crippen molar-refractivity contribution in [2.75, 3.05) is 12.4 Å². The highest BCUT2D eigenvalue weighted by Gasteiger charge is 2.13. The highest BCUT2D eigenvalue weighted by molar-refractivity contribution is 8.01. The molecule has 134 valence electrons. The zero-order valence-corrected chi connectivity index (χ0v) is 16.1. The van der Waals surface area contributed by atoms with Crippen LogP contribution in [-0.2, 0) is 9.59 Å². The van der Waals surface area contributed by atoms with E-state index in [9.17, 15) is 9.59 Å². The summed E-state index contributed by atoms with van der Waals surface area (Å²) in [5, 5.41) is 0.666. The number of hydrogen-bond donors (Lipinski definition) is 2. The molecule has 0 radical (unpaired) electrons. The van der Waals surface area contributed by atoms with E-state index in [1.54, 1.807) is 6.07 Å². The highest BCUT2D eigenvalue weighted by atomic mass is 35.5. The average Bonchev–Trinajstić information content (AvgIpc) is 2.48. The van der Waals surface area contributed by atoms with Gasteiger partial charge in [-0.3, -0.25) is 20.4 Å². The number of rotatable bonds is 7. The number of carbonyl (C=O) groups excluding carboxylic acids is 2. The predicted molar refractivity (Wildman–Crippen MR) is 99.4 cm³/mol. The van der Waals surface area contributed by atoms with E-state index < -0.39 is 0 Å². The quantitative estimate of drug-likeness (QED) is 0.568. The van der Waals surface area contributed by atoms with Gasteiger partial charge in [-0.15, -0.1) is 11.8 Å². The molecule has 0 bridgehead atoms. The van der Waals surface area contributed by atoms with E-state index in [0.717, 1.165) is 11.3 Å². The summed E-state index contributed by atoms with van der Waals surface area (Å²) in [6.45, 7) is 8.44. The maximum Gasteiger partial charge on any atom is 0.248 e. The third-order valence-corrected chi connectivity index (χ3v) is 4.43. The summed E-state index contributed by atoms with van der Waals surface area (Å²) in [6.07, 6.45) is 0.833. The summed E-state index contributed by atoms with van der Waals surface area (Å²) in [5.74, 6) is 0.618. The summed E-state index contributed by atoms with van der Waals surface area (Å²) in [4.78, 5) is 23.3. The molecule has 0 spiro atoms. The van der Waals surface area contributed by atoms with Gasteiger partial charge in [-0.25, -0.2) is 0 Å². The van der Waals surface area contributed by atoms with Crippen molar-refractivity contribution in [3.8, 4) is 5.75 Å². The van der Waals surface area contributed by atoms with Gasteiger partial charge >= 0.3 is 0 Å². The first-order chi connectivity index (χ1) is 11.2. The molecule has 0 saturated heterocycles. The Labute approximate surface area is 152 Å². The van der Waals surface area contributed by atoms with Crippen LogP contribution in [0.25, 0.3) is 0 Å².